The minimum absolute atomic E-state index is 0.0753. The normalized spacial score (nSPS) is 13.5. The van der Waals surface area contributed by atoms with Gasteiger partial charge in [-0.15, -0.1) is 0 Å². The first kappa shape index (κ1) is 20.1. The monoisotopic (exact) mass is 405 g/mol. The number of ether oxygens (including phenoxy) is 1. The Morgan fingerprint density at radius 1 is 1.20 bits per heavy atom. The predicted octanol–water partition coefficient (Wildman–Crippen LogP) is 4.24. The van der Waals surface area contributed by atoms with Gasteiger partial charge in [-0.25, -0.2) is 14.6 Å². The van der Waals surface area contributed by atoms with Gasteiger partial charge in [0.05, 0.1) is 36.3 Å². The fraction of sp³-hybridized carbons (Fsp3) is 0.348. The van der Waals surface area contributed by atoms with E-state index < -0.39 is 6.10 Å². The molecule has 0 spiro atoms. The van der Waals surface area contributed by atoms with Crippen molar-refractivity contribution in [2.45, 2.75) is 46.3 Å². The molecule has 7 heteroatoms. The summed E-state index contributed by atoms with van der Waals surface area (Å²) in [5, 5.41) is 14.6. The molecule has 0 fully saturated rings. The van der Waals surface area contributed by atoms with Crippen LogP contribution in [0.25, 0.3) is 28.1 Å². The number of hydrogen-bond acceptors (Lipinski definition) is 5. The van der Waals surface area contributed by atoms with E-state index in [2.05, 4.69) is 5.10 Å². The van der Waals surface area contributed by atoms with Crippen molar-refractivity contribution in [3.63, 3.8) is 0 Å². The first-order valence-electron chi connectivity index (χ1n) is 10.2. The number of hydrogen-bond donors (Lipinski definition) is 1. The summed E-state index contributed by atoms with van der Waals surface area (Å²) in [4.78, 5) is 9.84. The van der Waals surface area contributed by atoms with Gasteiger partial charge in [-0.1, -0.05) is 6.92 Å². The third-order valence-electron chi connectivity index (χ3n) is 5.63. The molecule has 156 valence electrons. The van der Waals surface area contributed by atoms with E-state index in [4.69, 9.17) is 14.7 Å². The van der Waals surface area contributed by atoms with E-state index in [0.717, 1.165) is 39.4 Å². The van der Waals surface area contributed by atoms with Gasteiger partial charge in [-0.3, -0.25) is 0 Å². The van der Waals surface area contributed by atoms with E-state index in [1.807, 2.05) is 68.9 Å². The minimum atomic E-state index is -0.434. The zero-order chi connectivity index (χ0) is 21.4. The van der Waals surface area contributed by atoms with Gasteiger partial charge in [0.25, 0.3) is 0 Å². The minimum Gasteiger partial charge on any atom is -0.496 e. The summed E-state index contributed by atoms with van der Waals surface area (Å²) < 4.78 is 9.50. The molecule has 0 saturated heterocycles. The van der Waals surface area contributed by atoms with Crippen LogP contribution in [-0.4, -0.2) is 42.6 Å². The van der Waals surface area contributed by atoms with E-state index in [1.165, 1.54) is 0 Å². The summed E-state index contributed by atoms with van der Waals surface area (Å²) in [5.41, 5.74) is 6.05. The van der Waals surface area contributed by atoms with Gasteiger partial charge in [0, 0.05) is 30.2 Å². The fourth-order valence-corrected chi connectivity index (χ4v) is 3.81. The maximum Gasteiger partial charge on any atom is 0.159 e. The molecule has 0 saturated carbocycles. The van der Waals surface area contributed by atoms with Gasteiger partial charge in [0.15, 0.2) is 5.65 Å². The highest BCUT2D eigenvalue weighted by Gasteiger charge is 2.21. The molecule has 1 aromatic carbocycles. The van der Waals surface area contributed by atoms with Crippen molar-refractivity contribution in [3.05, 3.63) is 54.1 Å². The van der Waals surface area contributed by atoms with Crippen LogP contribution in [0.3, 0.4) is 0 Å². The number of aliphatic hydroxyl groups excluding tert-OH is 1. The van der Waals surface area contributed by atoms with Gasteiger partial charge in [-0.2, -0.15) is 5.10 Å². The van der Waals surface area contributed by atoms with Crippen molar-refractivity contribution in [1.29, 1.82) is 0 Å². The molecule has 0 radical (unpaired) electrons. The number of fused-ring (bicyclic) bond motifs is 1. The SMILES string of the molecule is CC[C@H](O)[C@H](C)n1cc(C)c2nc(-c3ccc(-n4cccn4)cc3OC)c(C)nc21. The summed E-state index contributed by atoms with van der Waals surface area (Å²) in [6.07, 6.45) is 5.91. The molecular formula is C23H27N5O2. The Labute approximate surface area is 176 Å². The standard InChI is InChI=1S/C23H27N5O2/c1-6-19(29)16(4)27-13-14(2)21-23(27)25-15(3)22(26-21)18-9-8-17(12-20(18)30-5)28-11-7-10-24-28/h7-13,16,19,29H,6H2,1-5H3/t16-,19-/m0/s1. The summed E-state index contributed by atoms with van der Waals surface area (Å²) in [6, 6.07) is 7.75. The van der Waals surface area contributed by atoms with Crippen LogP contribution >= 0.6 is 0 Å². The summed E-state index contributed by atoms with van der Waals surface area (Å²) in [7, 11) is 1.66. The smallest absolute Gasteiger partial charge is 0.159 e. The zero-order valence-electron chi connectivity index (χ0n) is 18.0. The third kappa shape index (κ3) is 3.35. The van der Waals surface area contributed by atoms with Gasteiger partial charge in [0.1, 0.15) is 11.3 Å². The second-order valence-corrected chi connectivity index (χ2v) is 7.60. The van der Waals surface area contributed by atoms with Gasteiger partial charge in [0.2, 0.25) is 0 Å². The lowest BCUT2D eigenvalue weighted by Gasteiger charge is -2.20. The van der Waals surface area contributed by atoms with Gasteiger partial charge < -0.3 is 14.4 Å². The number of aromatic nitrogens is 5. The lowest BCUT2D eigenvalue weighted by Crippen LogP contribution is -2.20. The molecule has 4 rings (SSSR count). The van der Waals surface area contributed by atoms with Crippen molar-refractivity contribution in [2.24, 2.45) is 0 Å². The Hall–Kier alpha value is -3.19. The second-order valence-electron chi connectivity index (χ2n) is 7.60. The third-order valence-corrected chi connectivity index (χ3v) is 5.63. The lowest BCUT2D eigenvalue weighted by atomic mass is 10.1. The highest BCUT2D eigenvalue weighted by atomic mass is 16.5. The van der Waals surface area contributed by atoms with Crippen LogP contribution in [0.1, 0.15) is 37.6 Å². The van der Waals surface area contributed by atoms with Crippen molar-refractivity contribution in [2.75, 3.05) is 7.11 Å². The molecule has 7 nitrogen and oxygen atoms in total. The summed E-state index contributed by atoms with van der Waals surface area (Å²) in [5.74, 6) is 0.714. The van der Waals surface area contributed by atoms with Crippen LogP contribution in [0.5, 0.6) is 5.75 Å². The first-order chi connectivity index (χ1) is 14.4. The molecule has 30 heavy (non-hydrogen) atoms. The molecule has 4 aromatic rings. The molecule has 0 unspecified atom stereocenters. The Morgan fingerprint density at radius 2 is 2.00 bits per heavy atom. The van der Waals surface area contributed by atoms with Gasteiger partial charge >= 0.3 is 0 Å². The molecule has 0 aliphatic rings. The molecule has 3 heterocycles. The molecule has 0 aliphatic carbocycles. The van der Waals surface area contributed by atoms with Crippen LogP contribution in [0.4, 0.5) is 0 Å². The Balaban J connectivity index is 1.84. The van der Waals surface area contributed by atoms with E-state index in [1.54, 1.807) is 18.0 Å². The topological polar surface area (TPSA) is 78.0 Å². The largest absolute Gasteiger partial charge is 0.496 e. The highest BCUT2D eigenvalue weighted by Crippen LogP contribution is 2.34. The molecule has 0 amide bonds. The second kappa shape index (κ2) is 7.91. The molecule has 1 N–H and O–H groups in total. The first-order valence-corrected chi connectivity index (χ1v) is 10.2. The van der Waals surface area contributed by atoms with E-state index in [-0.39, 0.29) is 6.04 Å². The van der Waals surface area contributed by atoms with Crippen LogP contribution in [-0.2, 0) is 0 Å². The van der Waals surface area contributed by atoms with Gasteiger partial charge in [-0.05, 0) is 51.0 Å². The number of aryl methyl sites for hydroxylation is 2. The Bertz CT molecular complexity index is 1180. The average Bonchev–Trinajstić information content (AvgIpc) is 3.40. The summed E-state index contributed by atoms with van der Waals surface area (Å²) in [6.45, 7) is 7.97. The Kier molecular flexibility index (Phi) is 5.30. The summed E-state index contributed by atoms with van der Waals surface area (Å²) >= 11 is 0. The number of nitrogens with zero attached hydrogens (tertiary/aromatic N) is 5. The maximum absolute atomic E-state index is 10.3. The number of rotatable bonds is 6. The molecule has 0 aliphatic heterocycles. The van der Waals surface area contributed by atoms with Crippen molar-refractivity contribution in [1.82, 2.24) is 24.3 Å². The fourth-order valence-electron chi connectivity index (χ4n) is 3.81. The van der Waals surface area contributed by atoms with Crippen LogP contribution in [0, 0.1) is 13.8 Å². The van der Waals surface area contributed by atoms with Crippen molar-refractivity contribution in [3.8, 4) is 22.7 Å². The maximum atomic E-state index is 10.3. The van der Waals surface area contributed by atoms with Crippen LogP contribution < -0.4 is 4.74 Å². The van der Waals surface area contributed by atoms with E-state index in [9.17, 15) is 5.11 Å². The van der Waals surface area contributed by atoms with E-state index in [0.29, 0.717) is 12.2 Å². The quantitative estimate of drug-likeness (QED) is 0.519. The lowest BCUT2D eigenvalue weighted by molar-refractivity contribution is 0.118. The zero-order valence-corrected chi connectivity index (χ0v) is 18.0. The van der Waals surface area contributed by atoms with Crippen LogP contribution in [0.15, 0.2) is 42.9 Å². The van der Waals surface area contributed by atoms with Crippen molar-refractivity contribution < 1.29 is 9.84 Å². The van der Waals surface area contributed by atoms with Crippen LogP contribution in [0.2, 0.25) is 0 Å². The molecule has 0 bridgehead atoms. The van der Waals surface area contributed by atoms with Crippen molar-refractivity contribution >= 4 is 11.2 Å². The number of methoxy groups -OCH3 is 1. The van der Waals surface area contributed by atoms with E-state index >= 15 is 0 Å². The Morgan fingerprint density at radius 3 is 2.67 bits per heavy atom. The predicted molar refractivity (Wildman–Crippen MR) is 117 cm³/mol. The molecule has 2 atom stereocenters. The number of benzene rings is 1. The molecule has 3 aromatic heterocycles. The molecular weight excluding hydrogens is 378 g/mol. The average molecular weight is 406 g/mol. The number of aliphatic hydroxyl groups is 1. The highest BCUT2D eigenvalue weighted by molar-refractivity contribution is 5.81.